The summed E-state index contributed by atoms with van der Waals surface area (Å²) in [7, 11) is 0. The fourth-order valence-electron chi connectivity index (χ4n) is 1.75. The second-order valence-corrected chi connectivity index (χ2v) is 4.52. The molecule has 15 heavy (non-hydrogen) atoms. The third-order valence-corrected chi connectivity index (χ3v) is 3.32. The van der Waals surface area contributed by atoms with Gasteiger partial charge >= 0.3 is 0 Å². The molecule has 2 nitrogen and oxygen atoms in total. The molecule has 0 bridgehead atoms. The highest BCUT2D eigenvalue weighted by atomic mass is 35.5. The molecule has 1 aromatic rings. The number of ether oxygens (including phenoxy) is 1. The van der Waals surface area contributed by atoms with Crippen molar-refractivity contribution in [3.63, 3.8) is 0 Å². The summed E-state index contributed by atoms with van der Waals surface area (Å²) in [5.41, 5.74) is 0.961. The monoisotopic (exact) mass is 245 g/mol. The zero-order valence-electron chi connectivity index (χ0n) is 8.47. The highest BCUT2D eigenvalue weighted by Crippen LogP contribution is 2.32. The second kappa shape index (κ2) is 4.71. The summed E-state index contributed by atoms with van der Waals surface area (Å²) in [5, 5.41) is 4.48. The first kappa shape index (κ1) is 11.2. The van der Waals surface area contributed by atoms with Crippen LogP contribution in [0, 0.1) is 0 Å². The van der Waals surface area contributed by atoms with Crippen LogP contribution in [-0.4, -0.2) is 19.2 Å². The molecule has 4 heteroatoms. The first-order chi connectivity index (χ1) is 7.18. The van der Waals surface area contributed by atoms with Gasteiger partial charge in [-0.1, -0.05) is 35.3 Å². The molecule has 0 spiro atoms. The predicted octanol–water partition coefficient (Wildman–Crippen LogP) is 3.04. The van der Waals surface area contributed by atoms with Crippen molar-refractivity contribution in [2.45, 2.75) is 19.1 Å². The predicted molar refractivity (Wildman–Crippen MR) is 62.6 cm³/mol. The Labute approximate surface area is 99.5 Å². The topological polar surface area (TPSA) is 21.3 Å². The van der Waals surface area contributed by atoms with Crippen molar-refractivity contribution in [2.75, 3.05) is 13.1 Å². The first-order valence-corrected chi connectivity index (χ1v) is 5.74. The molecule has 0 saturated carbocycles. The Balaban J connectivity index is 2.24. The Hall–Kier alpha value is -0.280. The molecule has 0 aliphatic carbocycles. The van der Waals surface area contributed by atoms with Gasteiger partial charge in [-0.2, -0.15) is 0 Å². The minimum atomic E-state index is -0.0000463. The maximum atomic E-state index is 6.13. The summed E-state index contributed by atoms with van der Waals surface area (Å²) in [5.74, 6) is 0. The Bertz CT molecular complexity index is 356. The van der Waals surface area contributed by atoms with E-state index in [2.05, 4.69) is 5.32 Å². The van der Waals surface area contributed by atoms with Gasteiger partial charge in [-0.05, 0) is 13.0 Å². The minimum absolute atomic E-state index is 0.0000463. The van der Waals surface area contributed by atoms with E-state index in [1.165, 1.54) is 0 Å². The van der Waals surface area contributed by atoms with Crippen molar-refractivity contribution in [1.82, 2.24) is 5.32 Å². The van der Waals surface area contributed by atoms with E-state index in [0.29, 0.717) is 10.0 Å². The molecule has 1 heterocycles. The molecule has 0 radical (unpaired) electrons. The standard InChI is InChI=1S/C11H13Cl2NO/c1-7-5-14-6-10(15-7)8-3-2-4-9(12)11(8)13/h2-4,7,10,14H,5-6H2,1H3. The van der Waals surface area contributed by atoms with Crippen LogP contribution in [0.25, 0.3) is 0 Å². The summed E-state index contributed by atoms with van der Waals surface area (Å²) < 4.78 is 5.80. The van der Waals surface area contributed by atoms with Crippen LogP contribution in [0.4, 0.5) is 0 Å². The molecule has 2 unspecified atom stereocenters. The number of benzene rings is 1. The van der Waals surface area contributed by atoms with Crippen molar-refractivity contribution >= 4 is 23.2 Å². The lowest BCUT2D eigenvalue weighted by atomic mass is 10.1. The molecule has 1 fully saturated rings. The van der Waals surface area contributed by atoms with E-state index in [0.717, 1.165) is 18.7 Å². The van der Waals surface area contributed by atoms with Crippen LogP contribution in [0.15, 0.2) is 18.2 Å². The van der Waals surface area contributed by atoms with Gasteiger partial charge in [-0.15, -0.1) is 0 Å². The van der Waals surface area contributed by atoms with E-state index in [1.807, 2.05) is 19.1 Å². The van der Waals surface area contributed by atoms with Gasteiger partial charge in [0.1, 0.15) is 0 Å². The summed E-state index contributed by atoms with van der Waals surface area (Å²) in [6.07, 6.45) is 0.207. The summed E-state index contributed by atoms with van der Waals surface area (Å²) in [6.45, 7) is 3.71. The molecular weight excluding hydrogens is 233 g/mol. The lowest BCUT2D eigenvalue weighted by molar-refractivity contribution is -0.0286. The Morgan fingerprint density at radius 2 is 2.13 bits per heavy atom. The van der Waals surface area contributed by atoms with Gasteiger partial charge < -0.3 is 10.1 Å². The average Bonchev–Trinajstić information content (AvgIpc) is 2.22. The second-order valence-electron chi connectivity index (χ2n) is 3.74. The lowest BCUT2D eigenvalue weighted by Gasteiger charge is -2.29. The third-order valence-electron chi connectivity index (χ3n) is 2.49. The van der Waals surface area contributed by atoms with Crippen LogP contribution in [0.2, 0.25) is 10.0 Å². The molecule has 0 aromatic heterocycles. The van der Waals surface area contributed by atoms with Crippen LogP contribution in [-0.2, 0) is 4.74 Å². The number of rotatable bonds is 1. The quantitative estimate of drug-likeness (QED) is 0.822. The zero-order valence-corrected chi connectivity index (χ0v) is 9.98. The Kier molecular flexibility index (Phi) is 3.52. The summed E-state index contributed by atoms with van der Waals surface area (Å²) >= 11 is 12.1. The highest BCUT2D eigenvalue weighted by Gasteiger charge is 2.22. The van der Waals surface area contributed by atoms with E-state index in [-0.39, 0.29) is 12.2 Å². The number of halogens is 2. The van der Waals surface area contributed by atoms with Gasteiger partial charge in [0.15, 0.2) is 0 Å². The van der Waals surface area contributed by atoms with E-state index in [4.69, 9.17) is 27.9 Å². The molecule has 0 amide bonds. The van der Waals surface area contributed by atoms with Gasteiger partial charge in [-0.3, -0.25) is 0 Å². The highest BCUT2D eigenvalue weighted by molar-refractivity contribution is 6.42. The van der Waals surface area contributed by atoms with Gasteiger partial charge in [0, 0.05) is 18.7 Å². The van der Waals surface area contributed by atoms with E-state index < -0.39 is 0 Å². The largest absolute Gasteiger partial charge is 0.368 e. The van der Waals surface area contributed by atoms with Crippen LogP contribution < -0.4 is 5.32 Å². The summed E-state index contributed by atoms with van der Waals surface area (Å²) in [4.78, 5) is 0. The van der Waals surface area contributed by atoms with Crippen molar-refractivity contribution in [3.8, 4) is 0 Å². The van der Waals surface area contributed by atoms with E-state index in [9.17, 15) is 0 Å². The normalized spacial score (nSPS) is 26.6. The minimum Gasteiger partial charge on any atom is -0.368 e. The molecule has 1 aliphatic rings. The van der Waals surface area contributed by atoms with Gasteiger partial charge in [0.2, 0.25) is 0 Å². The Morgan fingerprint density at radius 1 is 1.33 bits per heavy atom. The van der Waals surface area contributed by atoms with E-state index >= 15 is 0 Å². The Morgan fingerprint density at radius 3 is 2.87 bits per heavy atom. The molecule has 1 N–H and O–H groups in total. The maximum absolute atomic E-state index is 6.13. The van der Waals surface area contributed by atoms with Crippen LogP contribution in [0.1, 0.15) is 18.6 Å². The lowest BCUT2D eigenvalue weighted by Crippen LogP contribution is -2.39. The van der Waals surface area contributed by atoms with Gasteiger partial charge in [0.25, 0.3) is 0 Å². The van der Waals surface area contributed by atoms with Crippen molar-refractivity contribution in [2.24, 2.45) is 0 Å². The van der Waals surface area contributed by atoms with Gasteiger partial charge in [0.05, 0.1) is 22.3 Å². The van der Waals surface area contributed by atoms with E-state index in [1.54, 1.807) is 6.07 Å². The van der Waals surface area contributed by atoms with Crippen molar-refractivity contribution in [1.29, 1.82) is 0 Å². The number of morpholine rings is 1. The van der Waals surface area contributed by atoms with Gasteiger partial charge in [-0.25, -0.2) is 0 Å². The fraction of sp³-hybridized carbons (Fsp3) is 0.455. The maximum Gasteiger partial charge on any atom is 0.0968 e. The molecule has 1 aromatic carbocycles. The SMILES string of the molecule is CC1CNCC(c2cccc(Cl)c2Cl)O1. The van der Waals surface area contributed by atoms with Crippen molar-refractivity contribution in [3.05, 3.63) is 33.8 Å². The average molecular weight is 246 g/mol. The molecule has 1 saturated heterocycles. The molecular formula is C11H13Cl2NO. The fourth-order valence-corrected chi connectivity index (χ4v) is 2.18. The number of nitrogens with one attached hydrogen (secondary N) is 1. The van der Waals surface area contributed by atoms with Crippen LogP contribution in [0.3, 0.4) is 0 Å². The van der Waals surface area contributed by atoms with Crippen LogP contribution >= 0.6 is 23.2 Å². The van der Waals surface area contributed by atoms with Crippen molar-refractivity contribution < 1.29 is 4.74 Å². The van der Waals surface area contributed by atoms with Crippen LogP contribution in [0.5, 0.6) is 0 Å². The number of hydrogen-bond acceptors (Lipinski definition) is 2. The molecule has 1 aliphatic heterocycles. The smallest absolute Gasteiger partial charge is 0.0968 e. The molecule has 2 atom stereocenters. The zero-order chi connectivity index (χ0) is 10.8. The molecule has 82 valence electrons. The molecule has 2 rings (SSSR count). The first-order valence-electron chi connectivity index (χ1n) is 4.98. The number of hydrogen-bond donors (Lipinski definition) is 1. The summed E-state index contributed by atoms with van der Waals surface area (Å²) in [6, 6.07) is 5.64. The third kappa shape index (κ3) is 2.45.